The van der Waals surface area contributed by atoms with Gasteiger partial charge in [-0.15, -0.1) is 0 Å². The Labute approximate surface area is 188 Å². The average molecular weight is 479 g/mol. The highest BCUT2D eigenvalue weighted by Gasteiger charge is 2.34. The molecule has 156 valence electrons. The molecule has 1 saturated heterocycles. The van der Waals surface area contributed by atoms with Crippen LogP contribution in [0.4, 0.5) is 5.69 Å². The van der Waals surface area contributed by atoms with E-state index in [0.29, 0.717) is 29.4 Å². The molecule has 1 aliphatic rings. The van der Waals surface area contributed by atoms with E-state index in [-0.39, 0.29) is 5.57 Å². The number of hydrogen-bond acceptors (Lipinski definition) is 4. The maximum absolute atomic E-state index is 12.9. The monoisotopic (exact) mass is 478 g/mol. The number of para-hydroxylation sites is 2. The first-order valence-corrected chi connectivity index (χ1v) is 10.3. The number of ether oxygens (including phenoxy) is 2. The minimum atomic E-state index is -0.476. The molecule has 0 saturated carbocycles. The molecule has 0 bridgehead atoms. The second-order valence-electron chi connectivity index (χ2n) is 6.77. The van der Waals surface area contributed by atoms with Gasteiger partial charge < -0.3 is 9.47 Å². The predicted molar refractivity (Wildman–Crippen MR) is 122 cm³/mol. The van der Waals surface area contributed by atoms with Gasteiger partial charge in [-0.25, -0.2) is 5.01 Å². The SMILES string of the molecule is COc1cccc(/C=C2/C(=O)NN(c3ccccc3)C2=O)c1OCc1ccc(Br)cc1. The van der Waals surface area contributed by atoms with Crippen LogP contribution in [0.1, 0.15) is 11.1 Å². The van der Waals surface area contributed by atoms with E-state index in [2.05, 4.69) is 21.4 Å². The van der Waals surface area contributed by atoms with Gasteiger partial charge in [-0.3, -0.25) is 15.0 Å². The molecule has 1 aliphatic heterocycles. The third kappa shape index (κ3) is 4.46. The van der Waals surface area contributed by atoms with Gasteiger partial charge in [0, 0.05) is 10.0 Å². The fraction of sp³-hybridized carbons (Fsp3) is 0.0833. The van der Waals surface area contributed by atoms with Crippen LogP contribution in [0.2, 0.25) is 0 Å². The van der Waals surface area contributed by atoms with Gasteiger partial charge in [0.1, 0.15) is 12.2 Å². The van der Waals surface area contributed by atoms with Crippen molar-refractivity contribution in [3.63, 3.8) is 0 Å². The number of amides is 2. The maximum Gasteiger partial charge on any atom is 0.282 e. The Bertz CT molecular complexity index is 1140. The highest BCUT2D eigenvalue weighted by molar-refractivity contribution is 9.10. The summed E-state index contributed by atoms with van der Waals surface area (Å²) in [6.45, 7) is 0.306. The fourth-order valence-corrected chi connectivity index (χ4v) is 3.43. The number of carbonyl (C=O) groups is 2. The molecular formula is C24H19BrN2O4. The summed E-state index contributed by atoms with van der Waals surface area (Å²) in [5, 5.41) is 1.23. The van der Waals surface area contributed by atoms with Gasteiger partial charge in [-0.05, 0) is 42.0 Å². The predicted octanol–water partition coefficient (Wildman–Crippen LogP) is 4.50. The highest BCUT2D eigenvalue weighted by atomic mass is 79.9. The topological polar surface area (TPSA) is 67.9 Å². The molecule has 0 radical (unpaired) electrons. The van der Waals surface area contributed by atoms with Crippen LogP contribution in [0.25, 0.3) is 6.08 Å². The van der Waals surface area contributed by atoms with Crippen LogP contribution < -0.4 is 19.9 Å². The summed E-state index contributed by atoms with van der Waals surface area (Å²) in [5.74, 6) is 0.0600. The Kier molecular flexibility index (Phi) is 6.04. The molecule has 31 heavy (non-hydrogen) atoms. The molecule has 4 rings (SSSR count). The number of hydrazine groups is 1. The van der Waals surface area contributed by atoms with Crippen LogP contribution in [0.5, 0.6) is 11.5 Å². The highest BCUT2D eigenvalue weighted by Crippen LogP contribution is 2.34. The summed E-state index contributed by atoms with van der Waals surface area (Å²) >= 11 is 3.42. The zero-order valence-electron chi connectivity index (χ0n) is 16.7. The largest absolute Gasteiger partial charge is 0.493 e. The Morgan fingerprint density at radius 2 is 1.71 bits per heavy atom. The Morgan fingerprint density at radius 1 is 0.968 bits per heavy atom. The molecule has 3 aromatic carbocycles. The third-order valence-corrected chi connectivity index (χ3v) is 5.26. The van der Waals surface area contributed by atoms with E-state index < -0.39 is 11.8 Å². The minimum Gasteiger partial charge on any atom is -0.493 e. The van der Waals surface area contributed by atoms with Crippen molar-refractivity contribution in [2.45, 2.75) is 6.61 Å². The minimum absolute atomic E-state index is 0.0191. The first kappa shape index (κ1) is 20.7. The number of methoxy groups -OCH3 is 1. The third-order valence-electron chi connectivity index (χ3n) is 4.73. The van der Waals surface area contributed by atoms with Crippen molar-refractivity contribution >= 4 is 39.5 Å². The van der Waals surface area contributed by atoms with Crippen molar-refractivity contribution in [2.24, 2.45) is 0 Å². The normalized spacial score (nSPS) is 14.6. The van der Waals surface area contributed by atoms with Gasteiger partial charge in [-0.2, -0.15) is 0 Å². The van der Waals surface area contributed by atoms with Crippen molar-refractivity contribution in [3.8, 4) is 11.5 Å². The van der Waals surface area contributed by atoms with Gasteiger partial charge in [-0.1, -0.05) is 58.4 Å². The molecule has 3 aromatic rings. The van der Waals surface area contributed by atoms with Crippen LogP contribution in [0.15, 0.2) is 82.8 Å². The number of hydrogen-bond donors (Lipinski definition) is 1. The first-order chi connectivity index (χ1) is 15.1. The lowest BCUT2D eigenvalue weighted by Crippen LogP contribution is -2.35. The molecule has 0 spiro atoms. The van der Waals surface area contributed by atoms with E-state index in [1.165, 1.54) is 11.1 Å². The lowest BCUT2D eigenvalue weighted by molar-refractivity contribution is -0.117. The first-order valence-electron chi connectivity index (χ1n) is 9.53. The number of carbonyl (C=O) groups excluding carboxylic acids is 2. The summed E-state index contributed by atoms with van der Waals surface area (Å²) in [4.78, 5) is 25.4. The molecule has 0 atom stereocenters. The number of nitrogens with one attached hydrogen (secondary N) is 1. The van der Waals surface area contributed by atoms with Crippen molar-refractivity contribution in [3.05, 3.63) is 94.0 Å². The summed E-state index contributed by atoms with van der Waals surface area (Å²) < 4.78 is 12.5. The number of benzene rings is 3. The molecule has 6 nitrogen and oxygen atoms in total. The zero-order valence-corrected chi connectivity index (χ0v) is 18.3. The molecule has 1 N–H and O–H groups in total. The van der Waals surface area contributed by atoms with E-state index in [1.54, 1.807) is 49.6 Å². The average Bonchev–Trinajstić information content (AvgIpc) is 3.08. The lowest BCUT2D eigenvalue weighted by Gasteiger charge is -2.14. The van der Waals surface area contributed by atoms with Crippen LogP contribution in [0.3, 0.4) is 0 Å². The Balaban J connectivity index is 1.64. The maximum atomic E-state index is 12.9. The smallest absolute Gasteiger partial charge is 0.282 e. The van der Waals surface area contributed by atoms with Crippen LogP contribution in [-0.2, 0) is 16.2 Å². The van der Waals surface area contributed by atoms with Crippen LogP contribution in [0, 0.1) is 0 Å². The standard InChI is InChI=1S/C24H19BrN2O4/c1-30-21-9-5-6-17(22(21)31-15-16-10-12-18(25)13-11-16)14-20-23(28)26-27(24(20)29)19-7-3-2-4-8-19/h2-14H,15H2,1H3,(H,26,28)/b20-14-. The van der Waals surface area contributed by atoms with E-state index in [4.69, 9.17) is 9.47 Å². The summed E-state index contributed by atoms with van der Waals surface area (Å²) in [6.07, 6.45) is 1.53. The quantitative estimate of drug-likeness (QED) is 0.418. The van der Waals surface area contributed by atoms with Crippen molar-refractivity contribution < 1.29 is 19.1 Å². The fourth-order valence-electron chi connectivity index (χ4n) is 3.17. The van der Waals surface area contributed by atoms with Crippen molar-refractivity contribution in [1.29, 1.82) is 0 Å². The zero-order chi connectivity index (χ0) is 21.8. The van der Waals surface area contributed by atoms with E-state index in [0.717, 1.165) is 10.0 Å². The van der Waals surface area contributed by atoms with Crippen molar-refractivity contribution in [2.75, 3.05) is 12.1 Å². The molecule has 0 aromatic heterocycles. The van der Waals surface area contributed by atoms with Crippen LogP contribution >= 0.6 is 15.9 Å². The summed E-state index contributed by atoms with van der Waals surface area (Å²) in [5.41, 5.74) is 4.75. The number of nitrogens with zero attached hydrogens (tertiary/aromatic N) is 1. The number of anilines is 1. The van der Waals surface area contributed by atoms with Crippen LogP contribution in [-0.4, -0.2) is 18.9 Å². The molecule has 0 unspecified atom stereocenters. The van der Waals surface area contributed by atoms with Gasteiger partial charge >= 0.3 is 0 Å². The number of halogens is 1. The summed E-state index contributed by atoms with van der Waals surface area (Å²) in [7, 11) is 1.54. The molecule has 1 fully saturated rings. The molecular weight excluding hydrogens is 460 g/mol. The second-order valence-corrected chi connectivity index (χ2v) is 7.68. The number of rotatable bonds is 6. The molecule has 7 heteroatoms. The molecule has 0 aliphatic carbocycles. The van der Waals surface area contributed by atoms with Gasteiger partial charge in [0.15, 0.2) is 11.5 Å². The van der Waals surface area contributed by atoms with E-state index in [9.17, 15) is 9.59 Å². The van der Waals surface area contributed by atoms with Gasteiger partial charge in [0.25, 0.3) is 11.8 Å². The molecule has 1 heterocycles. The van der Waals surface area contributed by atoms with E-state index >= 15 is 0 Å². The summed E-state index contributed by atoms with van der Waals surface area (Å²) in [6, 6.07) is 22.0. The van der Waals surface area contributed by atoms with E-state index in [1.807, 2.05) is 30.3 Å². The van der Waals surface area contributed by atoms with Crippen molar-refractivity contribution in [1.82, 2.24) is 5.43 Å². The second kappa shape index (κ2) is 9.06. The Hall–Kier alpha value is -3.58. The Morgan fingerprint density at radius 3 is 2.42 bits per heavy atom. The lowest BCUT2D eigenvalue weighted by atomic mass is 10.1. The van der Waals surface area contributed by atoms with Gasteiger partial charge in [0.2, 0.25) is 0 Å². The van der Waals surface area contributed by atoms with Gasteiger partial charge in [0.05, 0.1) is 12.8 Å². The molecule has 2 amide bonds.